The summed E-state index contributed by atoms with van der Waals surface area (Å²) in [6.07, 6.45) is 3.55. The van der Waals surface area contributed by atoms with Crippen molar-refractivity contribution in [3.63, 3.8) is 0 Å². The molecule has 0 spiro atoms. The summed E-state index contributed by atoms with van der Waals surface area (Å²) < 4.78 is 11.1. The minimum atomic E-state index is -0.458. The molecule has 3 N–H and O–H groups in total. The number of carbonyl (C=O) groups is 1. The molecule has 2 fully saturated rings. The van der Waals surface area contributed by atoms with E-state index in [9.17, 15) is 4.79 Å². The van der Waals surface area contributed by atoms with Crippen molar-refractivity contribution in [1.82, 2.24) is 10.2 Å². The lowest BCUT2D eigenvalue weighted by Crippen LogP contribution is -2.51. The molecule has 1 amide bonds. The Morgan fingerprint density at radius 1 is 1.38 bits per heavy atom. The predicted molar refractivity (Wildman–Crippen MR) is 81.2 cm³/mol. The van der Waals surface area contributed by atoms with E-state index in [1.54, 1.807) is 0 Å². The van der Waals surface area contributed by atoms with E-state index in [1.165, 1.54) is 0 Å². The summed E-state index contributed by atoms with van der Waals surface area (Å²) in [6, 6.07) is 0.298. The highest BCUT2D eigenvalue weighted by Gasteiger charge is 2.35. The van der Waals surface area contributed by atoms with Gasteiger partial charge in [-0.2, -0.15) is 0 Å². The summed E-state index contributed by atoms with van der Waals surface area (Å²) >= 11 is 0. The summed E-state index contributed by atoms with van der Waals surface area (Å²) in [4.78, 5) is 14.0. The van der Waals surface area contributed by atoms with Gasteiger partial charge in [0.2, 0.25) is 0 Å². The molecule has 21 heavy (non-hydrogen) atoms. The van der Waals surface area contributed by atoms with Crippen LogP contribution < -0.4 is 11.1 Å². The van der Waals surface area contributed by atoms with Crippen molar-refractivity contribution < 1.29 is 14.3 Å². The largest absolute Gasteiger partial charge is 0.444 e. The Hall–Kier alpha value is -0.850. The maximum absolute atomic E-state index is 11.6. The molecule has 0 aromatic carbocycles. The maximum Gasteiger partial charge on any atom is 0.407 e. The SMILES string of the molecule is CC(C)(C)OC(=O)NCCC(CN)N1CC2CCC(C1)O2. The molecule has 6 nitrogen and oxygen atoms in total. The van der Waals surface area contributed by atoms with Gasteiger partial charge in [-0.3, -0.25) is 4.90 Å². The predicted octanol–water partition coefficient (Wildman–Crippen LogP) is 1.09. The molecule has 2 rings (SSSR count). The van der Waals surface area contributed by atoms with Crippen LogP contribution in [-0.2, 0) is 9.47 Å². The number of amides is 1. The van der Waals surface area contributed by atoms with E-state index in [-0.39, 0.29) is 6.09 Å². The summed E-state index contributed by atoms with van der Waals surface area (Å²) in [5, 5.41) is 2.81. The van der Waals surface area contributed by atoms with Gasteiger partial charge in [0.15, 0.2) is 0 Å². The van der Waals surface area contributed by atoms with Crippen LogP contribution in [0.5, 0.6) is 0 Å². The molecule has 0 radical (unpaired) electrons. The number of fused-ring (bicyclic) bond motifs is 2. The molecular formula is C15H29N3O3. The van der Waals surface area contributed by atoms with Crippen LogP contribution in [0.25, 0.3) is 0 Å². The highest BCUT2D eigenvalue weighted by atomic mass is 16.6. The lowest BCUT2D eigenvalue weighted by Gasteiger charge is -2.37. The number of hydrogen-bond donors (Lipinski definition) is 2. The molecule has 0 saturated carbocycles. The first-order valence-electron chi connectivity index (χ1n) is 7.94. The molecular weight excluding hydrogens is 270 g/mol. The van der Waals surface area contributed by atoms with E-state index < -0.39 is 5.60 Å². The lowest BCUT2D eigenvalue weighted by molar-refractivity contribution is -0.0524. The van der Waals surface area contributed by atoms with E-state index in [0.717, 1.165) is 32.4 Å². The van der Waals surface area contributed by atoms with Crippen LogP contribution in [0, 0.1) is 0 Å². The second-order valence-electron chi connectivity index (χ2n) is 7.02. The number of likely N-dealkylation sites (tertiary alicyclic amines) is 1. The topological polar surface area (TPSA) is 76.8 Å². The number of carbonyl (C=O) groups excluding carboxylic acids is 1. The second kappa shape index (κ2) is 6.94. The zero-order valence-electron chi connectivity index (χ0n) is 13.4. The van der Waals surface area contributed by atoms with Gasteiger partial charge in [-0.1, -0.05) is 0 Å². The van der Waals surface area contributed by atoms with Crippen LogP contribution in [-0.4, -0.2) is 61.0 Å². The number of alkyl carbamates (subject to hydrolysis) is 1. The van der Waals surface area contributed by atoms with Crippen molar-refractivity contribution in [2.24, 2.45) is 5.73 Å². The second-order valence-corrected chi connectivity index (χ2v) is 7.02. The molecule has 0 aromatic heterocycles. The average Bonchev–Trinajstić information content (AvgIpc) is 2.71. The Morgan fingerprint density at radius 2 is 2.00 bits per heavy atom. The third kappa shape index (κ3) is 5.13. The van der Waals surface area contributed by atoms with Gasteiger partial charge in [0, 0.05) is 32.2 Å². The molecule has 2 aliphatic heterocycles. The zero-order chi connectivity index (χ0) is 15.5. The third-order valence-electron chi connectivity index (χ3n) is 4.01. The van der Waals surface area contributed by atoms with Gasteiger partial charge in [-0.05, 0) is 40.0 Å². The van der Waals surface area contributed by atoms with Gasteiger partial charge in [-0.25, -0.2) is 4.79 Å². The molecule has 2 aliphatic rings. The van der Waals surface area contributed by atoms with Crippen molar-refractivity contribution in [2.45, 2.75) is 63.9 Å². The number of hydrogen-bond acceptors (Lipinski definition) is 5. The molecule has 2 bridgehead atoms. The van der Waals surface area contributed by atoms with E-state index in [2.05, 4.69) is 10.2 Å². The van der Waals surface area contributed by atoms with Crippen LogP contribution in [0.15, 0.2) is 0 Å². The van der Waals surface area contributed by atoms with Gasteiger partial charge in [0.05, 0.1) is 12.2 Å². The number of rotatable bonds is 5. The minimum absolute atomic E-state index is 0.298. The fourth-order valence-corrected chi connectivity index (χ4v) is 3.05. The number of ether oxygens (including phenoxy) is 2. The first kappa shape index (κ1) is 16.5. The number of morpholine rings is 1. The van der Waals surface area contributed by atoms with Gasteiger partial charge >= 0.3 is 6.09 Å². The lowest BCUT2D eigenvalue weighted by atomic mass is 10.1. The summed E-state index contributed by atoms with van der Waals surface area (Å²) in [6.45, 7) is 8.70. The Morgan fingerprint density at radius 3 is 2.52 bits per heavy atom. The van der Waals surface area contributed by atoms with Crippen LogP contribution in [0.3, 0.4) is 0 Å². The van der Waals surface area contributed by atoms with Gasteiger partial charge in [0.1, 0.15) is 5.60 Å². The van der Waals surface area contributed by atoms with Crippen molar-refractivity contribution in [3.8, 4) is 0 Å². The van der Waals surface area contributed by atoms with Crippen LogP contribution in [0.2, 0.25) is 0 Å². The van der Waals surface area contributed by atoms with Crippen LogP contribution >= 0.6 is 0 Å². The van der Waals surface area contributed by atoms with E-state index in [0.29, 0.717) is 31.3 Å². The Balaban J connectivity index is 1.71. The first-order valence-corrected chi connectivity index (χ1v) is 7.94. The smallest absolute Gasteiger partial charge is 0.407 e. The number of nitrogens with zero attached hydrogens (tertiary/aromatic N) is 1. The fourth-order valence-electron chi connectivity index (χ4n) is 3.05. The molecule has 6 heteroatoms. The molecule has 0 aliphatic carbocycles. The number of nitrogens with two attached hydrogens (primary N) is 1. The van der Waals surface area contributed by atoms with Crippen molar-refractivity contribution >= 4 is 6.09 Å². The van der Waals surface area contributed by atoms with E-state index >= 15 is 0 Å². The average molecular weight is 299 g/mol. The summed E-state index contributed by atoms with van der Waals surface area (Å²) in [5.41, 5.74) is 5.45. The molecule has 2 heterocycles. The van der Waals surface area contributed by atoms with E-state index in [1.807, 2.05) is 20.8 Å². The molecule has 2 saturated heterocycles. The number of nitrogens with one attached hydrogen (secondary N) is 1. The maximum atomic E-state index is 11.6. The van der Waals surface area contributed by atoms with Crippen LogP contribution in [0.4, 0.5) is 4.79 Å². The Bertz CT molecular complexity index is 345. The standard InChI is InChI=1S/C15H29N3O3/c1-15(2,3)21-14(19)17-7-6-11(8-16)18-9-12-4-5-13(10-18)20-12/h11-13H,4-10,16H2,1-3H3,(H,17,19). The van der Waals surface area contributed by atoms with Crippen molar-refractivity contribution in [2.75, 3.05) is 26.2 Å². The molecule has 0 aromatic rings. The molecule has 3 unspecified atom stereocenters. The molecule has 3 atom stereocenters. The van der Waals surface area contributed by atoms with Gasteiger partial charge < -0.3 is 20.5 Å². The first-order chi connectivity index (χ1) is 9.87. The summed E-state index contributed by atoms with van der Waals surface area (Å²) in [7, 11) is 0. The summed E-state index contributed by atoms with van der Waals surface area (Å²) in [5.74, 6) is 0. The quantitative estimate of drug-likeness (QED) is 0.795. The van der Waals surface area contributed by atoms with Gasteiger partial charge in [0.25, 0.3) is 0 Å². The van der Waals surface area contributed by atoms with Crippen molar-refractivity contribution in [3.05, 3.63) is 0 Å². The Kier molecular flexibility index (Phi) is 5.46. The Labute approximate surface area is 127 Å². The monoisotopic (exact) mass is 299 g/mol. The molecule has 122 valence electrons. The highest BCUT2D eigenvalue weighted by molar-refractivity contribution is 5.67. The van der Waals surface area contributed by atoms with Crippen LogP contribution in [0.1, 0.15) is 40.0 Å². The minimum Gasteiger partial charge on any atom is -0.444 e. The van der Waals surface area contributed by atoms with Crippen molar-refractivity contribution in [1.29, 1.82) is 0 Å². The van der Waals surface area contributed by atoms with Gasteiger partial charge in [-0.15, -0.1) is 0 Å². The van der Waals surface area contributed by atoms with E-state index in [4.69, 9.17) is 15.2 Å². The normalized spacial score (nSPS) is 27.4. The fraction of sp³-hybridized carbons (Fsp3) is 0.933. The highest BCUT2D eigenvalue weighted by Crippen LogP contribution is 2.27. The zero-order valence-corrected chi connectivity index (χ0v) is 13.4. The third-order valence-corrected chi connectivity index (χ3v) is 4.01.